The van der Waals surface area contributed by atoms with E-state index in [1.165, 1.54) is 4.70 Å². The summed E-state index contributed by atoms with van der Waals surface area (Å²) in [5.41, 5.74) is 3.04. The molecule has 2 heterocycles. The zero-order valence-corrected chi connectivity index (χ0v) is 13.9. The summed E-state index contributed by atoms with van der Waals surface area (Å²) >= 11 is 1.69. The minimum atomic E-state index is -0.206. The van der Waals surface area contributed by atoms with Gasteiger partial charge in [0.15, 0.2) is 5.69 Å². The Bertz CT molecular complexity index is 1020. The molecule has 0 bridgehead atoms. The van der Waals surface area contributed by atoms with E-state index in [2.05, 4.69) is 10.4 Å². The molecule has 24 heavy (non-hydrogen) atoms. The maximum Gasteiger partial charge on any atom is 0.276 e. The summed E-state index contributed by atoms with van der Waals surface area (Å²) < 4.78 is 2.98. The maximum atomic E-state index is 12.5. The Hall–Kier alpha value is -2.92. The van der Waals surface area contributed by atoms with E-state index in [1.54, 1.807) is 22.1 Å². The van der Waals surface area contributed by atoms with Gasteiger partial charge in [-0.2, -0.15) is 5.10 Å². The molecule has 118 valence electrons. The average molecular weight is 333 g/mol. The Labute approximate surface area is 143 Å². The zero-order chi connectivity index (χ0) is 16.5. The molecule has 0 aliphatic carbocycles. The van der Waals surface area contributed by atoms with Gasteiger partial charge < -0.3 is 5.32 Å². The van der Waals surface area contributed by atoms with Crippen molar-refractivity contribution in [2.45, 2.75) is 6.92 Å². The molecule has 5 heteroatoms. The number of amides is 1. The molecule has 0 saturated carbocycles. The van der Waals surface area contributed by atoms with E-state index in [0.717, 1.165) is 22.5 Å². The van der Waals surface area contributed by atoms with Crippen LogP contribution in [0.4, 0.5) is 5.69 Å². The molecule has 0 spiro atoms. The van der Waals surface area contributed by atoms with Crippen LogP contribution in [0.2, 0.25) is 0 Å². The Morgan fingerprint density at radius 1 is 1.08 bits per heavy atom. The van der Waals surface area contributed by atoms with Gasteiger partial charge in [0.25, 0.3) is 5.91 Å². The number of carbonyl (C=O) groups excluding carboxylic acids is 1. The van der Waals surface area contributed by atoms with Gasteiger partial charge in [-0.15, -0.1) is 11.3 Å². The maximum absolute atomic E-state index is 12.5. The van der Waals surface area contributed by atoms with Crippen molar-refractivity contribution in [3.63, 3.8) is 0 Å². The second-order valence-electron chi connectivity index (χ2n) is 5.55. The van der Waals surface area contributed by atoms with Gasteiger partial charge in [0.2, 0.25) is 0 Å². The van der Waals surface area contributed by atoms with E-state index in [9.17, 15) is 4.79 Å². The highest BCUT2D eigenvalue weighted by molar-refractivity contribution is 7.17. The molecule has 0 radical (unpaired) electrons. The van der Waals surface area contributed by atoms with E-state index in [0.29, 0.717) is 5.69 Å². The lowest BCUT2D eigenvalue weighted by molar-refractivity contribution is 0.102. The van der Waals surface area contributed by atoms with Crippen LogP contribution in [0.15, 0.2) is 66.0 Å². The van der Waals surface area contributed by atoms with Crippen molar-refractivity contribution in [3.05, 3.63) is 77.4 Å². The third kappa shape index (κ3) is 2.70. The van der Waals surface area contributed by atoms with Crippen LogP contribution in [0.1, 0.15) is 16.2 Å². The molecule has 0 aliphatic rings. The summed E-state index contributed by atoms with van der Waals surface area (Å²) in [6.45, 7) is 1.94. The minimum absolute atomic E-state index is 0.206. The molecule has 1 amide bonds. The number of benzene rings is 2. The molecule has 2 aromatic carbocycles. The third-order valence-electron chi connectivity index (χ3n) is 3.83. The molecule has 4 rings (SSSR count). The lowest BCUT2D eigenvalue weighted by Crippen LogP contribution is -2.13. The normalized spacial score (nSPS) is 10.9. The van der Waals surface area contributed by atoms with E-state index < -0.39 is 0 Å². The van der Waals surface area contributed by atoms with Crippen molar-refractivity contribution in [2.75, 3.05) is 5.32 Å². The first-order chi connectivity index (χ1) is 11.7. The molecule has 0 saturated heterocycles. The van der Waals surface area contributed by atoms with Crippen LogP contribution in [0.5, 0.6) is 0 Å². The summed E-state index contributed by atoms with van der Waals surface area (Å²) in [6, 6.07) is 19.5. The van der Waals surface area contributed by atoms with Crippen molar-refractivity contribution in [3.8, 4) is 5.69 Å². The van der Waals surface area contributed by atoms with Crippen LogP contribution >= 0.6 is 11.3 Å². The predicted octanol–water partition coefficient (Wildman–Crippen LogP) is 4.65. The lowest BCUT2D eigenvalue weighted by atomic mass is 10.2. The minimum Gasteiger partial charge on any atom is -0.321 e. The van der Waals surface area contributed by atoms with Gasteiger partial charge in [-0.1, -0.05) is 18.2 Å². The van der Waals surface area contributed by atoms with E-state index in [1.807, 2.05) is 66.9 Å². The zero-order valence-electron chi connectivity index (χ0n) is 13.1. The average Bonchev–Trinajstić information content (AvgIpc) is 3.21. The standard InChI is InChI=1S/C19H15N3OS/c1-13-11-17(21-22(13)16-5-3-2-4-6-16)19(23)20-15-7-8-18-14(12-15)9-10-24-18/h2-12H,1H3,(H,20,23). The molecular weight excluding hydrogens is 318 g/mol. The van der Waals surface area contributed by atoms with Crippen molar-refractivity contribution in [1.29, 1.82) is 0 Å². The number of aromatic nitrogens is 2. The number of fused-ring (bicyclic) bond motifs is 1. The first-order valence-electron chi connectivity index (χ1n) is 7.61. The van der Waals surface area contributed by atoms with Gasteiger partial charge in [0, 0.05) is 16.1 Å². The van der Waals surface area contributed by atoms with Gasteiger partial charge >= 0.3 is 0 Å². The monoisotopic (exact) mass is 333 g/mol. The first-order valence-corrected chi connectivity index (χ1v) is 8.49. The topological polar surface area (TPSA) is 46.9 Å². The van der Waals surface area contributed by atoms with Crippen LogP contribution in [0.25, 0.3) is 15.8 Å². The van der Waals surface area contributed by atoms with E-state index in [4.69, 9.17) is 0 Å². The van der Waals surface area contributed by atoms with Gasteiger partial charge in [0.05, 0.1) is 5.69 Å². The Morgan fingerprint density at radius 2 is 1.92 bits per heavy atom. The number of rotatable bonds is 3. The van der Waals surface area contributed by atoms with Crippen LogP contribution in [0.3, 0.4) is 0 Å². The van der Waals surface area contributed by atoms with Crippen LogP contribution < -0.4 is 5.32 Å². The molecule has 1 N–H and O–H groups in total. The smallest absolute Gasteiger partial charge is 0.276 e. The third-order valence-corrected chi connectivity index (χ3v) is 4.73. The van der Waals surface area contributed by atoms with Crippen molar-refractivity contribution < 1.29 is 4.79 Å². The lowest BCUT2D eigenvalue weighted by Gasteiger charge is -2.04. The Balaban J connectivity index is 1.60. The number of hydrogen-bond donors (Lipinski definition) is 1. The van der Waals surface area contributed by atoms with Gasteiger partial charge in [0.1, 0.15) is 0 Å². The SMILES string of the molecule is Cc1cc(C(=O)Nc2ccc3sccc3c2)nn1-c1ccccc1. The number of nitrogens with one attached hydrogen (secondary N) is 1. The summed E-state index contributed by atoms with van der Waals surface area (Å²) in [6.07, 6.45) is 0. The highest BCUT2D eigenvalue weighted by atomic mass is 32.1. The number of aryl methyl sites for hydroxylation is 1. The fraction of sp³-hybridized carbons (Fsp3) is 0.0526. The highest BCUT2D eigenvalue weighted by Crippen LogP contribution is 2.24. The molecule has 0 unspecified atom stereocenters. The first kappa shape index (κ1) is 14.7. The fourth-order valence-corrected chi connectivity index (χ4v) is 3.43. The van der Waals surface area contributed by atoms with Gasteiger partial charge in [-0.05, 0) is 60.2 Å². The molecule has 0 atom stereocenters. The van der Waals surface area contributed by atoms with Crippen molar-refractivity contribution >= 4 is 33.0 Å². The second-order valence-corrected chi connectivity index (χ2v) is 6.49. The summed E-state index contributed by atoms with van der Waals surface area (Å²) in [5.74, 6) is -0.206. The van der Waals surface area contributed by atoms with E-state index >= 15 is 0 Å². The quantitative estimate of drug-likeness (QED) is 0.593. The number of nitrogens with zero attached hydrogens (tertiary/aromatic N) is 2. The van der Waals surface area contributed by atoms with Crippen LogP contribution in [-0.4, -0.2) is 15.7 Å². The largest absolute Gasteiger partial charge is 0.321 e. The molecular formula is C19H15N3OS. The molecule has 0 fully saturated rings. The van der Waals surface area contributed by atoms with Crippen LogP contribution in [0, 0.1) is 6.92 Å². The molecule has 0 aliphatic heterocycles. The van der Waals surface area contributed by atoms with Gasteiger partial charge in [-0.25, -0.2) is 4.68 Å². The number of thiophene rings is 1. The molecule has 4 nitrogen and oxygen atoms in total. The number of anilines is 1. The number of carbonyl (C=O) groups is 1. The van der Waals surface area contributed by atoms with E-state index in [-0.39, 0.29) is 5.91 Å². The summed E-state index contributed by atoms with van der Waals surface area (Å²) in [5, 5.41) is 10.5. The fourth-order valence-electron chi connectivity index (χ4n) is 2.66. The highest BCUT2D eigenvalue weighted by Gasteiger charge is 2.13. The van der Waals surface area contributed by atoms with Crippen molar-refractivity contribution in [1.82, 2.24) is 9.78 Å². The Morgan fingerprint density at radius 3 is 2.75 bits per heavy atom. The molecule has 2 aromatic heterocycles. The Kier molecular flexibility index (Phi) is 3.63. The number of para-hydroxylation sites is 1. The molecule has 4 aromatic rings. The van der Waals surface area contributed by atoms with Gasteiger partial charge in [-0.3, -0.25) is 4.79 Å². The summed E-state index contributed by atoms with van der Waals surface area (Å²) in [4.78, 5) is 12.5. The predicted molar refractivity (Wildman–Crippen MR) is 98.1 cm³/mol. The van der Waals surface area contributed by atoms with Crippen molar-refractivity contribution in [2.24, 2.45) is 0 Å². The summed E-state index contributed by atoms with van der Waals surface area (Å²) in [7, 11) is 0. The number of hydrogen-bond acceptors (Lipinski definition) is 3. The van der Waals surface area contributed by atoms with Crippen LogP contribution in [-0.2, 0) is 0 Å². The second kappa shape index (κ2) is 5.94.